The zero-order valence-electron chi connectivity index (χ0n) is 14.6. The highest BCUT2D eigenvalue weighted by Gasteiger charge is 2.25. The van der Waals surface area contributed by atoms with Gasteiger partial charge in [0.15, 0.2) is 17.1 Å². The van der Waals surface area contributed by atoms with E-state index >= 15 is 0 Å². The SMILES string of the molecule is O=c1oc2cc(Cl)ccc2n1CN1CCC(c2nc3ccccc3o2)CC1. The molecule has 7 heteroatoms. The van der Waals surface area contributed by atoms with Crippen molar-refractivity contribution in [1.29, 1.82) is 0 Å². The van der Waals surface area contributed by atoms with E-state index in [0.717, 1.165) is 48.4 Å². The Morgan fingerprint density at radius 2 is 1.89 bits per heavy atom. The summed E-state index contributed by atoms with van der Waals surface area (Å²) in [7, 11) is 0. The number of hydrogen-bond acceptors (Lipinski definition) is 5. The van der Waals surface area contributed by atoms with Gasteiger partial charge in [-0.1, -0.05) is 23.7 Å². The second-order valence-electron chi connectivity index (χ2n) is 6.96. The van der Waals surface area contributed by atoms with Crippen LogP contribution in [0.25, 0.3) is 22.2 Å². The molecule has 2 aromatic heterocycles. The fourth-order valence-corrected chi connectivity index (χ4v) is 3.92. The quantitative estimate of drug-likeness (QED) is 0.529. The minimum Gasteiger partial charge on any atom is -0.440 e. The van der Waals surface area contributed by atoms with Crippen LogP contribution in [0.4, 0.5) is 0 Å². The minimum atomic E-state index is -0.353. The van der Waals surface area contributed by atoms with Gasteiger partial charge in [0.25, 0.3) is 0 Å². The van der Waals surface area contributed by atoms with Gasteiger partial charge in [-0.05, 0) is 37.1 Å². The zero-order valence-corrected chi connectivity index (χ0v) is 15.4. The van der Waals surface area contributed by atoms with E-state index < -0.39 is 0 Å². The summed E-state index contributed by atoms with van der Waals surface area (Å²) >= 11 is 5.98. The first-order chi connectivity index (χ1) is 13.2. The number of fused-ring (bicyclic) bond motifs is 2. The number of benzene rings is 2. The minimum absolute atomic E-state index is 0.310. The van der Waals surface area contributed by atoms with Gasteiger partial charge in [0.1, 0.15) is 5.52 Å². The van der Waals surface area contributed by atoms with Crippen molar-refractivity contribution in [2.45, 2.75) is 25.4 Å². The molecular weight excluding hydrogens is 366 g/mol. The monoisotopic (exact) mass is 383 g/mol. The molecule has 3 heterocycles. The molecule has 138 valence electrons. The van der Waals surface area contributed by atoms with Gasteiger partial charge in [-0.15, -0.1) is 0 Å². The molecule has 27 heavy (non-hydrogen) atoms. The molecule has 0 unspecified atom stereocenters. The van der Waals surface area contributed by atoms with Crippen LogP contribution in [-0.2, 0) is 6.67 Å². The highest BCUT2D eigenvalue weighted by Crippen LogP contribution is 2.30. The van der Waals surface area contributed by atoms with E-state index in [0.29, 0.717) is 23.2 Å². The van der Waals surface area contributed by atoms with Gasteiger partial charge in [-0.25, -0.2) is 9.78 Å². The number of aromatic nitrogens is 2. The molecule has 4 aromatic rings. The summed E-state index contributed by atoms with van der Waals surface area (Å²) in [6.45, 7) is 2.25. The molecule has 0 radical (unpaired) electrons. The average molecular weight is 384 g/mol. The van der Waals surface area contributed by atoms with Crippen molar-refractivity contribution in [3.63, 3.8) is 0 Å². The summed E-state index contributed by atoms with van der Waals surface area (Å²) in [5, 5.41) is 0.558. The average Bonchev–Trinajstić information content (AvgIpc) is 3.23. The third kappa shape index (κ3) is 3.05. The first-order valence-electron chi connectivity index (χ1n) is 9.04. The maximum Gasteiger partial charge on any atom is 0.421 e. The van der Waals surface area contributed by atoms with Gasteiger partial charge in [0.2, 0.25) is 0 Å². The molecule has 0 aliphatic carbocycles. The van der Waals surface area contributed by atoms with Crippen LogP contribution in [-0.4, -0.2) is 27.5 Å². The van der Waals surface area contributed by atoms with Crippen molar-refractivity contribution < 1.29 is 8.83 Å². The van der Waals surface area contributed by atoms with Crippen LogP contribution in [0.15, 0.2) is 56.1 Å². The number of oxazole rings is 2. The van der Waals surface area contributed by atoms with E-state index in [1.54, 1.807) is 16.7 Å². The summed E-state index contributed by atoms with van der Waals surface area (Å²) in [6, 6.07) is 13.1. The van der Waals surface area contributed by atoms with Crippen molar-refractivity contribution in [1.82, 2.24) is 14.5 Å². The molecule has 1 aliphatic rings. The fraction of sp³-hybridized carbons (Fsp3) is 0.300. The van der Waals surface area contributed by atoms with Crippen molar-refractivity contribution in [2.24, 2.45) is 0 Å². The first-order valence-corrected chi connectivity index (χ1v) is 9.42. The Bertz CT molecular complexity index is 1140. The van der Waals surface area contributed by atoms with E-state index in [9.17, 15) is 4.79 Å². The van der Waals surface area contributed by atoms with Gasteiger partial charge in [0, 0.05) is 30.1 Å². The maximum absolute atomic E-state index is 12.2. The predicted molar refractivity (Wildman–Crippen MR) is 103 cm³/mol. The normalized spacial score (nSPS) is 16.5. The molecule has 2 aromatic carbocycles. The lowest BCUT2D eigenvalue weighted by Gasteiger charge is -2.30. The Morgan fingerprint density at radius 3 is 2.70 bits per heavy atom. The van der Waals surface area contributed by atoms with Crippen molar-refractivity contribution in [2.75, 3.05) is 13.1 Å². The van der Waals surface area contributed by atoms with Crippen LogP contribution in [0.3, 0.4) is 0 Å². The third-order valence-electron chi connectivity index (χ3n) is 5.22. The Hall–Kier alpha value is -2.57. The van der Waals surface area contributed by atoms with E-state index in [-0.39, 0.29) is 5.76 Å². The number of likely N-dealkylation sites (tertiary alicyclic amines) is 1. The van der Waals surface area contributed by atoms with Crippen LogP contribution in [0, 0.1) is 0 Å². The van der Waals surface area contributed by atoms with Crippen LogP contribution >= 0.6 is 11.6 Å². The van der Waals surface area contributed by atoms with Crippen LogP contribution < -0.4 is 5.76 Å². The van der Waals surface area contributed by atoms with Crippen molar-refractivity contribution in [3.05, 3.63) is 63.9 Å². The number of para-hydroxylation sites is 2. The summed E-state index contributed by atoms with van der Waals surface area (Å²) < 4.78 is 12.9. The molecule has 0 spiro atoms. The number of hydrogen-bond donors (Lipinski definition) is 0. The van der Waals surface area contributed by atoms with Crippen LogP contribution in [0.2, 0.25) is 5.02 Å². The molecule has 1 fully saturated rings. The Kier molecular flexibility index (Phi) is 4.02. The first kappa shape index (κ1) is 16.6. The smallest absolute Gasteiger partial charge is 0.421 e. The van der Waals surface area contributed by atoms with E-state index in [1.165, 1.54) is 0 Å². The van der Waals surface area contributed by atoms with Crippen LogP contribution in [0.1, 0.15) is 24.7 Å². The summed E-state index contributed by atoms with van der Waals surface area (Å²) in [4.78, 5) is 19.1. The van der Waals surface area contributed by atoms with Crippen molar-refractivity contribution >= 4 is 33.8 Å². The lowest BCUT2D eigenvalue weighted by atomic mass is 9.97. The molecule has 1 saturated heterocycles. The number of piperidine rings is 1. The molecule has 0 atom stereocenters. The third-order valence-corrected chi connectivity index (χ3v) is 5.45. The second kappa shape index (κ2) is 6.55. The van der Waals surface area contributed by atoms with Gasteiger partial charge in [0.05, 0.1) is 12.2 Å². The molecule has 0 N–H and O–H groups in total. The summed E-state index contributed by atoms with van der Waals surface area (Å²) in [5.41, 5.74) is 3.04. The molecule has 5 rings (SSSR count). The van der Waals surface area contributed by atoms with E-state index in [4.69, 9.17) is 20.4 Å². The fourth-order valence-electron chi connectivity index (χ4n) is 3.76. The molecule has 0 saturated carbocycles. The van der Waals surface area contributed by atoms with Gasteiger partial charge in [-0.2, -0.15) is 0 Å². The number of nitrogens with zero attached hydrogens (tertiary/aromatic N) is 3. The zero-order chi connectivity index (χ0) is 18.4. The van der Waals surface area contributed by atoms with Gasteiger partial charge in [-0.3, -0.25) is 9.47 Å². The molecule has 0 bridgehead atoms. The molecular formula is C20H18ClN3O3. The number of halogens is 1. The van der Waals surface area contributed by atoms with Crippen molar-refractivity contribution in [3.8, 4) is 0 Å². The highest BCUT2D eigenvalue weighted by molar-refractivity contribution is 6.31. The lowest BCUT2D eigenvalue weighted by Crippen LogP contribution is -2.36. The van der Waals surface area contributed by atoms with Gasteiger partial charge >= 0.3 is 5.76 Å². The Morgan fingerprint density at radius 1 is 1.07 bits per heavy atom. The predicted octanol–water partition coefficient (Wildman–Crippen LogP) is 4.23. The topological polar surface area (TPSA) is 64.4 Å². The number of rotatable bonds is 3. The lowest BCUT2D eigenvalue weighted by molar-refractivity contribution is 0.159. The Labute approximate surface area is 159 Å². The van der Waals surface area contributed by atoms with E-state index in [1.807, 2.05) is 30.3 Å². The molecule has 1 aliphatic heterocycles. The maximum atomic E-state index is 12.2. The standard InChI is InChI=1S/C20H18ClN3O3/c21-14-5-6-16-18(11-14)27-20(25)24(16)12-23-9-7-13(8-10-23)19-22-15-3-1-2-4-17(15)26-19/h1-6,11,13H,7-10,12H2. The summed E-state index contributed by atoms with van der Waals surface area (Å²) in [6.07, 6.45) is 1.90. The van der Waals surface area contributed by atoms with E-state index in [2.05, 4.69) is 9.88 Å². The second-order valence-corrected chi connectivity index (χ2v) is 7.40. The Balaban J connectivity index is 1.31. The van der Waals surface area contributed by atoms with Gasteiger partial charge < -0.3 is 8.83 Å². The molecule has 0 amide bonds. The summed E-state index contributed by atoms with van der Waals surface area (Å²) in [5.74, 6) is 0.773. The largest absolute Gasteiger partial charge is 0.440 e. The van der Waals surface area contributed by atoms with Crippen LogP contribution in [0.5, 0.6) is 0 Å². The highest BCUT2D eigenvalue weighted by atomic mass is 35.5. The molecule has 6 nitrogen and oxygen atoms in total.